The highest BCUT2D eigenvalue weighted by molar-refractivity contribution is 7.91. The molecule has 0 aliphatic heterocycles. The Morgan fingerprint density at radius 1 is 1.35 bits per heavy atom. The molecule has 1 aromatic rings. The molecule has 0 aliphatic rings. The normalized spacial score (nSPS) is 12.2. The van der Waals surface area contributed by atoms with E-state index in [0.717, 1.165) is 0 Å². The maximum Gasteiger partial charge on any atom is 0.310 e. The molecule has 0 saturated carbocycles. The molecule has 0 aromatic carbocycles. The topological polar surface area (TPSA) is 138 Å². The first kappa shape index (κ1) is 16.5. The molecule has 0 aliphatic carbocycles. The number of aliphatic carboxylic acids is 1. The lowest BCUT2D eigenvalue weighted by molar-refractivity contribution is -0.146. The summed E-state index contributed by atoms with van der Waals surface area (Å²) in [7, 11) is -3.96. The summed E-state index contributed by atoms with van der Waals surface area (Å²) >= 11 is 0.675. The summed E-state index contributed by atoms with van der Waals surface area (Å²) < 4.78 is 25.6. The number of aromatic nitrogens is 2. The fraction of sp³-hybridized carbons (Fsp3) is 0.556. The molecular weight excluding hydrogens is 308 g/mol. The number of nitrogens with zero attached hydrogens (tertiary/aromatic N) is 2. The molecule has 1 heterocycles. The molecule has 3 N–H and O–H groups in total. The number of carboxylic acids is 1. The van der Waals surface area contributed by atoms with Crippen molar-refractivity contribution >= 4 is 38.4 Å². The number of rotatable bonds is 6. The fourth-order valence-electron chi connectivity index (χ4n) is 0.932. The summed E-state index contributed by atoms with van der Waals surface area (Å²) in [5, 5.41) is 18.2. The van der Waals surface area contributed by atoms with Crippen LogP contribution >= 0.6 is 11.3 Å². The van der Waals surface area contributed by atoms with E-state index < -0.39 is 27.3 Å². The fourth-order valence-corrected chi connectivity index (χ4v) is 3.13. The second-order valence-electron chi connectivity index (χ2n) is 4.57. The number of carboxylic acid groups (broad SMARTS) is 1. The third-order valence-corrected chi connectivity index (χ3v) is 4.81. The van der Waals surface area contributed by atoms with Gasteiger partial charge in [-0.15, -0.1) is 10.2 Å². The number of hydrogen-bond donors (Lipinski definition) is 3. The highest BCUT2D eigenvalue weighted by atomic mass is 32.2. The molecule has 0 radical (unpaired) electrons. The molecule has 20 heavy (non-hydrogen) atoms. The van der Waals surface area contributed by atoms with Gasteiger partial charge in [-0.05, 0) is 13.8 Å². The van der Waals surface area contributed by atoms with Gasteiger partial charge in [-0.3, -0.25) is 9.59 Å². The van der Waals surface area contributed by atoms with Crippen LogP contribution in [0.5, 0.6) is 0 Å². The van der Waals surface area contributed by atoms with Gasteiger partial charge in [0.05, 0.1) is 5.41 Å². The van der Waals surface area contributed by atoms with Crippen LogP contribution in [0.1, 0.15) is 20.8 Å². The van der Waals surface area contributed by atoms with Crippen molar-refractivity contribution in [2.75, 3.05) is 11.9 Å². The van der Waals surface area contributed by atoms with Crippen molar-refractivity contribution in [2.24, 2.45) is 5.41 Å². The quantitative estimate of drug-likeness (QED) is 0.621. The Bertz CT molecular complexity index is 622. The number of sulfonamides is 1. The van der Waals surface area contributed by atoms with Crippen LogP contribution in [0.4, 0.5) is 5.13 Å². The molecule has 112 valence electrons. The first-order valence-electron chi connectivity index (χ1n) is 5.39. The zero-order valence-corrected chi connectivity index (χ0v) is 12.6. The highest BCUT2D eigenvalue weighted by Gasteiger charge is 2.30. The zero-order chi connectivity index (χ0) is 15.6. The Labute approximate surface area is 119 Å². The van der Waals surface area contributed by atoms with Gasteiger partial charge in [0.2, 0.25) is 15.4 Å². The monoisotopic (exact) mass is 322 g/mol. The third kappa shape index (κ3) is 4.21. The average Bonchev–Trinajstić information content (AvgIpc) is 2.75. The van der Waals surface area contributed by atoms with Gasteiger partial charge in [-0.2, -0.15) is 0 Å². The van der Waals surface area contributed by atoms with Gasteiger partial charge in [0, 0.05) is 13.5 Å². The van der Waals surface area contributed by atoms with E-state index in [1.54, 1.807) is 0 Å². The van der Waals surface area contributed by atoms with Gasteiger partial charge < -0.3 is 10.4 Å². The lowest BCUT2D eigenvalue weighted by Crippen LogP contribution is -2.38. The number of carbonyl (C=O) groups excluding carboxylic acids is 1. The molecule has 1 rings (SSSR count). The Kier molecular flexibility index (Phi) is 4.78. The average molecular weight is 322 g/mol. The Hall–Kier alpha value is -1.59. The van der Waals surface area contributed by atoms with Crippen LogP contribution < -0.4 is 10.0 Å². The van der Waals surface area contributed by atoms with E-state index in [0.29, 0.717) is 11.3 Å². The highest BCUT2D eigenvalue weighted by Crippen LogP contribution is 2.21. The van der Waals surface area contributed by atoms with E-state index in [1.165, 1.54) is 20.8 Å². The lowest BCUT2D eigenvalue weighted by Gasteiger charge is -2.18. The largest absolute Gasteiger partial charge is 0.481 e. The van der Waals surface area contributed by atoms with E-state index >= 15 is 0 Å². The maximum absolute atomic E-state index is 11.9. The predicted molar refractivity (Wildman–Crippen MR) is 70.8 cm³/mol. The van der Waals surface area contributed by atoms with Crippen LogP contribution in [-0.4, -0.2) is 42.1 Å². The second-order valence-corrected chi connectivity index (χ2v) is 7.49. The molecule has 0 atom stereocenters. The van der Waals surface area contributed by atoms with Gasteiger partial charge in [0.25, 0.3) is 10.0 Å². The minimum atomic E-state index is -3.96. The van der Waals surface area contributed by atoms with E-state index in [2.05, 4.69) is 20.2 Å². The van der Waals surface area contributed by atoms with Crippen molar-refractivity contribution in [2.45, 2.75) is 25.1 Å². The SMILES string of the molecule is CC(=O)Nc1nnc(S(=O)(=O)NCC(C)(C)C(=O)O)s1. The van der Waals surface area contributed by atoms with Gasteiger partial charge in [0.1, 0.15) is 0 Å². The molecule has 1 amide bonds. The predicted octanol–water partition coefficient (Wildman–Crippen LogP) is -0.114. The van der Waals surface area contributed by atoms with Gasteiger partial charge >= 0.3 is 5.97 Å². The second kappa shape index (κ2) is 5.81. The standard InChI is InChI=1S/C9H14N4O5S2/c1-5(14)11-7-12-13-8(19-7)20(17,18)10-4-9(2,3)6(15)16/h10H,4H2,1-3H3,(H,15,16)(H,11,12,14). The molecular formula is C9H14N4O5S2. The molecule has 0 bridgehead atoms. The summed E-state index contributed by atoms with van der Waals surface area (Å²) in [4.78, 5) is 21.7. The number of anilines is 1. The van der Waals surface area contributed by atoms with Crippen molar-refractivity contribution < 1.29 is 23.1 Å². The smallest absolute Gasteiger partial charge is 0.310 e. The van der Waals surface area contributed by atoms with Gasteiger partial charge in [0.15, 0.2) is 0 Å². The summed E-state index contributed by atoms with van der Waals surface area (Å²) in [6, 6.07) is 0. The molecule has 9 nitrogen and oxygen atoms in total. The van der Waals surface area contributed by atoms with E-state index in [1.807, 2.05) is 0 Å². The van der Waals surface area contributed by atoms with Crippen molar-refractivity contribution in [3.8, 4) is 0 Å². The van der Waals surface area contributed by atoms with Crippen molar-refractivity contribution in [3.63, 3.8) is 0 Å². The van der Waals surface area contributed by atoms with Gasteiger partial charge in [-0.1, -0.05) is 11.3 Å². The van der Waals surface area contributed by atoms with Crippen molar-refractivity contribution in [3.05, 3.63) is 0 Å². The van der Waals surface area contributed by atoms with E-state index in [9.17, 15) is 18.0 Å². The number of nitrogens with one attached hydrogen (secondary N) is 2. The van der Waals surface area contributed by atoms with Crippen LogP contribution in [0.2, 0.25) is 0 Å². The first-order valence-corrected chi connectivity index (χ1v) is 7.69. The maximum atomic E-state index is 11.9. The lowest BCUT2D eigenvalue weighted by atomic mass is 9.95. The Morgan fingerprint density at radius 3 is 2.45 bits per heavy atom. The van der Waals surface area contributed by atoms with Crippen LogP contribution in [0.25, 0.3) is 0 Å². The molecule has 0 saturated heterocycles. The molecule has 0 spiro atoms. The van der Waals surface area contributed by atoms with Crippen LogP contribution in [0.3, 0.4) is 0 Å². The summed E-state index contributed by atoms with van der Waals surface area (Å²) in [5.74, 6) is -1.53. The number of amides is 1. The van der Waals surface area contributed by atoms with Gasteiger partial charge in [-0.25, -0.2) is 13.1 Å². The molecule has 0 unspecified atom stereocenters. The van der Waals surface area contributed by atoms with E-state index in [4.69, 9.17) is 5.11 Å². The van der Waals surface area contributed by atoms with E-state index in [-0.39, 0.29) is 16.0 Å². The third-order valence-electron chi connectivity index (χ3n) is 2.20. The number of carbonyl (C=O) groups is 2. The molecule has 11 heteroatoms. The summed E-state index contributed by atoms with van der Waals surface area (Å²) in [6.45, 7) is 3.74. The Balaban J connectivity index is 2.82. The first-order chi connectivity index (χ1) is 9.04. The van der Waals surface area contributed by atoms with Crippen LogP contribution in [-0.2, 0) is 19.6 Å². The zero-order valence-electron chi connectivity index (χ0n) is 11.0. The molecule has 0 fully saturated rings. The van der Waals surface area contributed by atoms with Crippen molar-refractivity contribution in [1.29, 1.82) is 0 Å². The molecule has 1 aromatic heterocycles. The van der Waals surface area contributed by atoms with Crippen molar-refractivity contribution in [1.82, 2.24) is 14.9 Å². The summed E-state index contributed by atoms with van der Waals surface area (Å²) in [6.07, 6.45) is 0. The number of hydrogen-bond acceptors (Lipinski definition) is 7. The van der Waals surface area contributed by atoms with Crippen LogP contribution in [0, 0.1) is 5.41 Å². The summed E-state index contributed by atoms with van der Waals surface area (Å²) in [5.41, 5.74) is -1.25. The van der Waals surface area contributed by atoms with Crippen LogP contribution in [0.15, 0.2) is 4.34 Å². The minimum absolute atomic E-state index is 0.0513. The minimum Gasteiger partial charge on any atom is -0.481 e. The Morgan fingerprint density at radius 2 is 1.95 bits per heavy atom.